The maximum absolute atomic E-state index is 3.44. The largest absolute Gasteiger partial charge is 0.130 e. The van der Waals surface area contributed by atoms with Gasteiger partial charge >= 0.3 is 0 Å². The Bertz CT molecular complexity index is 418. The summed E-state index contributed by atoms with van der Waals surface area (Å²) < 4.78 is 0. The van der Waals surface area contributed by atoms with E-state index < -0.39 is 8.07 Å². The van der Waals surface area contributed by atoms with Crippen LogP contribution < -0.4 is 0 Å². The SMILES string of the molecule is C/C=C/[C@H](C#C[Si](C)(C)C)Sc1ccccc1. The second kappa shape index (κ2) is 6.73. The van der Waals surface area contributed by atoms with E-state index in [9.17, 15) is 0 Å². The van der Waals surface area contributed by atoms with Gasteiger partial charge in [0.25, 0.3) is 0 Å². The molecule has 0 heterocycles. The smallest absolute Gasteiger partial charge is 0.129 e. The van der Waals surface area contributed by atoms with Gasteiger partial charge in [0.1, 0.15) is 8.07 Å². The topological polar surface area (TPSA) is 0 Å². The molecule has 0 saturated heterocycles. The molecule has 2 heteroatoms. The molecule has 0 aliphatic rings. The van der Waals surface area contributed by atoms with Gasteiger partial charge < -0.3 is 0 Å². The van der Waals surface area contributed by atoms with Gasteiger partial charge in [-0.3, -0.25) is 0 Å². The lowest BCUT2D eigenvalue weighted by molar-refractivity contribution is 1.40. The Labute approximate surface area is 111 Å². The Hall–Kier alpha value is -0.913. The van der Waals surface area contributed by atoms with Crippen LogP contribution >= 0.6 is 11.8 Å². The molecule has 1 rings (SSSR count). The van der Waals surface area contributed by atoms with Crippen molar-refractivity contribution in [2.45, 2.75) is 36.7 Å². The maximum Gasteiger partial charge on any atom is 0.129 e. The molecule has 1 atom stereocenters. The Balaban J connectivity index is 2.77. The first-order valence-electron chi connectivity index (χ1n) is 5.88. The zero-order chi connectivity index (χ0) is 12.7. The van der Waals surface area contributed by atoms with Crippen LogP contribution in [0.2, 0.25) is 19.6 Å². The van der Waals surface area contributed by atoms with Crippen molar-refractivity contribution in [3.05, 3.63) is 42.5 Å². The van der Waals surface area contributed by atoms with E-state index in [1.807, 2.05) is 17.8 Å². The number of benzene rings is 1. The molecule has 0 aliphatic heterocycles. The van der Waals surface area contributed by atoms with Crippen molar-refractivity contribution in [2.75, 3.05) is 0 Å². The predicted octanol–water partition coefficient (Wildman–Crippen LogP) is 4.60. The highest BCUT2D eigenvalue weighted by atomic mass is 32.2. The third-order valence-electron chi connectivity index (χ3n) is 1.96. The third-order valence-corrected chi connectivity index (χ3v) is 3.93. The molecule has 0 unspecified atom stereocenters. The molecule has 0 bridgehead atoms. The first-order valence-corrected chi connectivity index (χ1v) is 10.3. The average molecular weight is 260 g/mol. The highest BCUT2D eigenvalue weighted by Crippen LogP contribution is 2.23. The van der Waals surface area contributed by atoms with Crippen molar-refractivity contribution in [1.82, 2.24) is 0 Å². The number of hydrogen-bond acceptors (Lipinski definition) is 1. The molecule has 17 heavy (non-hydrogen) atoms. The van der Waals surface area contributed by atoms with Crippen LogP contribution in [0.4, 0.5) is 0 Å². The average Bonchev–Trinajstić information content (AvgIpc) is 2.27. The Kier molecular flexibility index (Phi) is 5.60. The Morgan fingerprint density at radius 3 is 2.35 bits per heavy atom. The van der Waals surface area contributed by atoms with Crippen molar-refractivity contribution < 1.29 is 0 Å². The number of rotatable bonds is 3. The zero-order valence-corrected chi connectivity index (χ0v) is 12.8. The standard InChI is InChI=1S/C15H20SSi/c1-5-9-14(12-13-17(2,3)4)16-15-10-7-6-8-11-15/h5-11,14H,1-4H3/b9-5+/t14-/m1/s1. The van der Waals surface area contributed by atoms with Crippen molar-refractivity contribution in [1.29, 1.82) is 0 Å². The van der Waals surface area contributed by atoms with Gasteiger partial charge in [-0.25, -0.2) is 0 Å². The molecule has 0 N–H and O–H groups in total. The van der Waals surface area contributed by atoms with Crippen LogP contribution in [0.3, 0.4) is 0 Å². The molecule has 1 aromatic rings. The van der Waals surface area contributed by atoms with Crippen LogP contribution in [-0.4, -0.2) is 13.3 Å². The van der Waals surface area contributed by atoms with Crippen LogP contribution in [0, 0.1) is 11.5 Å². The van der Waals surface area contributed by atoms with Gasteiger partial charge in [-0.15, -0.1) is 17.3 Å². The molecule has 0 spiro atoms. The van der Waals surface area contributed by atoms with Crippen molar-refractivity contribution in [2.24, 2.45) is 0 Å². The minimum absolute atomic E-state index is 0.272. The van der Waals surface area contributed by atoms with Gasteiger partial charge in [0.2, 0.25) is 0 Å². The minimum atomic E-state index is -1.27. The van der Waals surface area contributed by atoms with E-state index in [1.54, 1.807) is 0 Å². The fourth-order valence-corrected chi connectivity index (χ4v) is 2.88. The highest BCUT2D eigenvalue weighted by Gasteiger charge is 2.09. The fourth-order valence-electron chi connectivity index (χ4n) is 1.22. The molecular weight excluding hydrogens is 240 g/mol. The molecule has 90 valence electrons. The number of hydrogen-bond donors (Lipinski definition) is 0. The van der Waals surface area contributed by atoms with E-state index in [1.165, 1.54) is 4.90 Å². The third kappa shape index (κ3) is 6.40. The zero-order valence-electron chi connectivity index (χ0n) is 11.0. The summed E-state index contributed by atoms with van der Waals surface area (Å²) in [7, 11) is -1.27. The summed E-state index contributed by atoms with van der Waals surface area (Å²) in [5, 5.41) is 0.272. The van der Waals surface area contributed by atoms with Crippen LogP contribution in [0.25, 0.3) is 0 Å². The number of allylic oxidation sites excluding steroid dienone is 1. The van der Waals surface area contributed by atoms with E-state index in [4.69, 9.17) is 0 Å². The lowest BCUT2D eigenvalue weighted by atomic mass is 10.4. The summed E-state index contributed by atoms with van der Waals surface area (Å²) in [4.78, 5) is 1.28. The van der Waals surface area contributed by atoms with Gasteiger partial charge in [-0.05, 0) is 19.1 Å². The molecular formula is C15H20SSi. The highest BCUT2D eigenvalue weighted by molar-refractivity contribution is 8.00. The van der Waals surface area contributed by atoms with E-state index in [0.717, 1.165) is 0 Å². The summed E-state index contributed by atoms with van der Waals surface area (Å²) in [5.41, 5.74) is 3.44. The summed E-state index contributed by atoms with van der Waals surface area (Å²) in [6.45, 7) is 8.88. The van der Waals surface area contributed by atoms with Crippen LogP contribution in [0.15, 0.2) is 47.4 Å². The second-order valence-electron chi connectivity index (χ2n) is 4.90. The quantitative estimate of drug-likeness (QED) is 0.331. The summed E-state index contributed by atoms with van der Waals surface area (Å²) in [6, 6.07) is 10.5. The Morgan fingerprint density at radius 2 is 1.82 bits per heavy atom. The monoisotopic (exact) mass is 260 g/mol. The van der Waals surface area contributed by atoms with Gasteiger partial charge in [0.15, 0.2) is 0 Å². The van der Waals surface area contributed by atoms with Gasteiger partial charge in [0, 0.05) is 4.90 Å². The van der Waals surface area contributed by atoms with Crippen LogP contribution in [-0.2, 0) is 0 Å². The molecule has 1 aromatic carbocycles. The maximum atomic E-state index is 3.44. The Morgan fingerprint density at radius 1 is 1.18 bits per heavy atom. The molecule has 0 saturated carbocycles. The summed E-state index contributed by atoms with van der Waals surface area (Å²) in [6.07, 6.45) is 4.25. The van der Waals surface area contributed by atoms with Crippen LogP contribution in [0.5, 0.6) is 0 Å². The summed E-state index contributed by atoms with van der Waals surface area (Å²) >= 11 is 1.82. The van der Waals surface area contributed by atoms with Crippen molar-refractivity contribution >= 4 is 19.8 Å². The van der Waals surface area contributed by atoms with Crippen molar-refractivity contribution in [3.8, 4) is 11.5 Å². The summed E-state index contributed by atoms with van der Waals surface area (Å²) in [5.74, 6) is 3.40. The first-order chi connectivity index (χ1) is 8.01. The molecule has 0 aromatic heterocycles. The molecule has 0 fully saturated rings. The van der Waals surface area contributed by atoms with Crippen LogP contribution in [0.1, 0.15) is 6.92 Å². The predicted molar refractivity (Wildman–Crippen MR) is 82.0 cm³/mol. The van der Waals surface area contributed by atoms with E-state index in [-0.39, 0.29) is 5.25 Å². The lowest BCUT2D eigenvalue weighted by Gasteiger charge is -2.08. The molecule has 0 amide bonds. The normalized spacial score (nSPS) is 13.2. The molecule has 0 radical (unpaired) electrons. The van der Waals surface area contributed by atoms with E-state index in [2.05, 4.69) is 74.4 Å². The fraction of sp³-hybridized carbons (Fsp3) is 0.333. The van der Waals surface area contributed by atoms with Gasteiger partial charge in [-0.2, -0.15) is 0 Å². The van der Waals surface area contributed by atoms with E-state index >= 15 is 0 Å². The van der Waals surface area contributed by atoms with Gasteiger partial charge in [0.05, 0.1) is 5.25 Å². The lowest BCUT2D eigenvalue weighted by Crippen LogP contribution is -2.17. The van der Waals surface area contributed by atoms with Crippen molar-refractivity contribution in [3.63, 3.8) is 0 Å². The first kappa shape index (κ1) is 14.1. The van der Waals surface area contributed by atoms with E-state index in [0.29, 0.717) is 0 Å². The number of thioether (sulfide) groups is 1. The van der Waals surface area contributed by atoms with Gasteiger partial charge in [-0.1, -0.05) is 55.9 Å². The molecule has 0 aliphatic carbocycles. The minimum Gasteiger partial charge on any atom is -0.130 e. The molecule has 0 nitrogen and oxygen atoms in total. The second-order valence-corrected chi connectivity index (χ2v) is 10.9.